The minimum Gasteiger partial charge on any atom is -0.487 e. The Labute approximate surface area is 206 Å². The summed E-state index contributed by atoms with van der Waals surface area (Å²) in [5, 5.41) is 9.82. The molecule has 35 heavy (non-hydrogen) atoms. The van der Waals surface area contributed by atoms with Crippen LogP contribution in [0, 0.1) is 5.92 Å². The zero-order valence-electron chi connectivity index (χ0n) is 20.2. The van der Waals surface area contributed by atoms with Gasteiger partial charge in [0.15, 0.2) is 0 Å². The molecule has 1 aromatic carbocycles. The van der Waals surface area contributed by atoms with Crippen LogP contribution in [0.15, 0.2) is 66.3 Å². The van der Waals surface area contributed by atoms with E-state index < -0.39 is 16.1 Å². The van der Waals surface area contributed by atoms with Crippen molar-refractivity contribution in [1.29, 1.82) is 0 Å². The molecule has 0 saturated heterocycles. The Morgan fingerprint density at radius 2 is 1.86 bits per heavy atom. The predicted octanol–water partition coefficient (Wildman–Crippen LogP) is 2.44. The summed E-state index contributed by atoms with van der Waals surface area (Å²) in [5.74, 6) is 0.174. The summed E-state index contributed by atoms with van der Waals surface area (Å²) in [5.41, 5.74) is 2.73. The molecular weight excluding hydrogens is 466 g/mol. The molecule has 0 aliphatic carbocycles. The van der Waals surface area contributed by atoms with Crippen molar-refractivity contribution in [3.63, 3.8) is 0 Å². The van der Waals surface area contributed by atoms with Crippen LogP contribution in [0.2, 0.25) is 0 Å². The van der Waals surface area contributed by atoms with Crippen molar-refractivity contribution in [2.45, 2.75) is 37.4 Å². The second kappa shape index (κ2) is 10.8. The van der Waals surface area contributed by atoms with Gasteiger partial charge in [-0.3, -0.25) is 9.88 Å². The Morgan fingerprint density at radius 3 is 2.54 bits per heavy atom. The summed E-state index contributed by atoms with van der Waals surface area (Å²) >= 11 is 0. The summed E-state index contributed by atoms with van der Waals surface area (Å²) in [4.78, 5) is 14.4. The second-order valence-corrected chi connectivity index (χ2v) is 10.9. The van der Waals surface area contributed by atoms with Crippen molar-refractivity contribution in [2.24, 2.45) is 5.92 Å². The van der Waals surface area contributed by atoms with Gasteiger partial charge in [0.25, 0.3) is 0 Å². The standard InChI is InChI=1S/C25H31N5O4S/c1-18-13-30(19(2)16-31)35(32,33)25-5-4-22(21-6-8-26-9-7-21)10-23(25)34-24(18)15-29(3)14-20-11-27-17-28-12-20/h4-12,17-19,24,31H,13-16H2,1-3H3/t18-,19-,24-/m1/s1. The van der Waals surface area contributed by atoms with Crippen LogP contribution >= 0.6 is 0 Å². The number of sulfonamides is 1. The maximum atomic E-state index is 13.6. The first kappa shape index (κ1) is 25.2. The highest BCUT2D eigenvalue weighted by molar-refractivity contribution is 7.89. The molecular formula is C25H31N5O4S. The number of hydrogen-bond acceptors (Lipinski definition) is 8. The van der Waals surface area contributed by atoms with Gasteiger partial charge < -0.3 is 9.84 Å². The van der Waals surface area contributed by atoms with E-state index in [9.17, 15) is 13.5 Å². The van der Waals surface area contributed by atoms with Crippen LogP contribution < -0.4 is 4.74 Å². The zero-order valence-corrected chi connectivity index (χ0v) is 21.0. The van der Waals surface area contributed by atoms with E-state index in [1.54, 1.807) is 49.9 Å². The van der Waals surface area contributed by atoms with Gasteiger partial charge in [0.1, 0.15) is 23.1 Å². The van der Waals surface area contributed by atoms with Gasteiger partial charge in [-0.05, 0) is 49.4 Å². The van der Waals surface area contributed by atoms with E-state index in [-0.39, 0.29) is 30.1 Å². The molecule has 0 unspecified atom stereocenters. The summed E-state index contributed by atoms with van der Waals surface area (Å²) in [6.07, 6.45) is 8.15. The second-order valence-electron chi connectivity index (χ2n) is 9.08. The molecule has 10 heteroatoms. The third kappa shape index (κ3) is 5.67. The third-order valence-corrected chi connectivity index (χ3v) is 8.26. The average molecular weight is 498 g/mol. The van der Waals surface area contributed by atoms with E-state index in [1.165, 1.54) is 10.6 Å². The Morgan fingerprint density at radius 1 is 1.14 bits per heavy atom. The van der Waals surface area contributed by atoms with Gasteiger partial charge in [0, 0.05) is 61.9 Å². The van der Waals surface area contributed by atoms with Crippen LogP contribution in [0.3, 0.4) is 0 Å². The number of pyridine rings is 1. The number of aromatic nitrogens is 3. The summed E-state index contributed by atoms with van der Waals surface area (Å²) in [6.45, 7) is 4.86. The molecule has 9 nitrogen and oxygen atoms in total. The Balaban J connectivity index is 1.72. The number of likely N-dealkylation sites (N-methyl/N-ethyl adjacent to an activating group) is 1. The fraction of sp³-hybridized carbons (Fsp3) is 0.400. The first-order valence-corrected chi connectivity index (χ1v) is 13.0. The maximum Gasteiger partial charge on any atom is 0.247 e. The van der Waals surface area contributed by atoms with Gasteiger partial charge in [0.2, 0.25) is 10.0 Å². The molecule has 0 radical (unpaired) electrons. The van der Waals surface area contributed by atoms with Crippen LogP contribution in [0.1, 0.15) is 19.4 Å². The van der Waals surface area contributed by atoms with E-state index in [4.69, 9.17) is 4.74 Å². The molecule has 4 rings (SSSR count). The smallest absolute Gasteiger partial charge is 0.247 e. The molecule has 3 atom stereocenters. The number of nitrogens with zero attached hydrogens (tertiary/aromatic N) is 5. The molecule has 0 fully saturated rings. The molecule has 0 bridgehead atoms. The Hall–Kier alpha value is -2.92. The highest BCUT2D eigenvalue weighted by atomic mass is 32.2. The molecule has 3 aromatic rings. The van der Waals surface area contributed by atoms with E-state index >= 15 is 0 Å². The molecule has 1 aliphatic rings. The SMILES string of the molecule is C[C@@H]1CN([C@H](C)CO)S(=O)(=O)c2ccc(-c3ccncc3)cc2O[C@@H]1CN(C)Cc1cncnc1. The van der Waals surface area contributed by atoms with E-state index in [2.05, 4.69) is 19.9 Å². The van der Waals surface area contributed by atoms with Gasteiger partial charge >= 0.3 is 0 Å². The minimum absolute atomic E-state index is 0.103. The van der Waals surface area contributed by atoms with Crippen molar-refractivity contribution < 1.29 is 18.3 Å². The summed E-state index contributed by atoms with van der Waals surface area (Å²) < 4.78 is 35.1. The number of benzene rings is 1. The lowest BCUT2D eigenvalue weighted by molar-refractivity contribution is 0.0733. The van der Waals surface area contributed by atoms with Crippen LogP contribution in [0.5, 0.6) is 5.75 Å². The topological polar surface area (TPSA) is 109 Å². The molecule has 3 heterocycles. The molecule has 0 amide bonds. The lowest BCUT2D eigenvalue weighted by Gasteiger charge is -2.37. The normalized spacial score (nSPS) is 20.9. The first-order chi connectivity index (χ1) is 16.8. The van der Waals surface area contributed by atoms with Crippen LogP contribution in [0.25, 0.3) is 11.1 Å². The highest BCUT2D eigenvalue weighted by Crippen LogP contribution is 2.36. The first-order valence-electron chi connectivity index (χ1n) is 11.6. The van der Waals surface area contributed by atoms with Crippen molar-refractivity contribution >= 4 is 10.0 Å². The number of aliphatic hydroxyl groups is 1. The van der Waals surface area contributed by atoms with E-state index in [0.29, 0.717) is 18.8 Å². The van der Waals surface area contributed by atoms with Gasteiger partial charge in [-0.25, -0.2) is 18.4 Å². The van der Waals surface area contributed by atoms with Gasteiger partial charge in [0.05, 0.1) is 6.61 Å². The number of aliphatic hydroxyl groups excluding tert-OH is 1. The van der Waals surface area contributed by atoms with Crippen molar-refractivity contribution in [3.8, 4) is 16.9 Å². The third-order valence-electron chi connectivity index (χ3n) is 6.24. The summed E-state index contributed by atoms with van der Waals surface area (Å²) in [7, 11) is -1.89. The van der Waals surface area contributed by atoms with Gasteiger partial charge in [-0.2, -0.15) is 4.31 Å². The molecule has 1 N–H and O–H groups in total. The molecule has 186 valence electrons. The fourth-order valence-corrected chi connectivity index (χ4v) is 6.09. The zero-order chi connectivity index (χ0) is 25.0. The lowest BCUT2D eigenvalue weighted by atomic mass is 10.0. The summed E-state index contributed by atoms with van der Waals surface area (Å²) in [6, 6.07) is 8.33. The average Bonchev–Trinajstić information content (AvgIpc) is 2.86. The van der Waals surface area contributed by atoms with Crippen LogP contribution in [-0.2, 0) is 16.6 Å². The molecule has 0 saturated carbocycles. The fourth-order valence-electron chi connectivity index (χ4n) is 4.26. The van der Waals surface area contributed by atoms with Gasteiger partial charge in [-0.15, -0.1) is 0 Å². The Kier molecular flexibility index (Phi) is 7.75. The van der Waals surface area contributed by atoms with Gasteiger partial charge in [-0.1, -0.05) is 13.0 Å². The quantitative estimate of drug-likeness (QED) is 0.530. The number of fused-ring (bicyclic) bond motifs is 1. The molecule has 1 aliphatic heterocycles. The van der Waals surface area contributed by atoms with Crippen LogP contribution in [-0.4, -0.2) is 76.6 Å². The Bertz CT molecular complexity index is 1230. The number of ether oxygens (including phenoxy) is 1. The maximum absolute atomic E-state index is 13.6. The molecule has 0 spiro atoms. The largest absolute Gasteiger partial charge is 0.487 e. The lowest BCUT2D eigenvalue weighted by Crippen LogP contribution is -2.49. The van der Waals surface area contributed by atoms with Crippen molar-refractivity contribution in [2.75, 3.05) is 26.7 Å². The minimum atomic E-state index is -3.88. The monoisotopic (exact) mass is 497 g/mol. The number of hydrogen-bond donors (Lipinski definition) is 1. The highest BCUT2D eigenvalue weighted by Gasteiger charge is 2.38. The number of rotatable bonds is 7. The van der Waals surface area contributed by atoms with E-state index in [1.807, 2.05) is 26.1 Å². The van der Waals surface area contributed by atoms with Crippen molar-refractivity contribution in [3.05, 3.63) is 67.0 Å². The van der Waals surface area contributed by atoms with E-state index in [0.717, 1.165) is 16.7 Å². The van der Waals surface area contributed by atoms with Crippen LogP contribution in [0.4, 0.5) is 0 Å². The molecule has 2 aromatic heterocycles. The van der Waals surface area contributed by atoms with Crippen molar-refractivity contribution in [1.82, 2.24) is 24.2 Å². The predicted molar refractivity (Wildman–Crippen MR) is 132 cm³/mol.